The number of carbonyl (C=O) groups excluding carboxylic acids is 2. The second kappa shape index (κ2) is 8.53. The first-order valence-electron chi connectivity index (χ1n) is 8.09. The molecule has 1 aliphatic rings. The van der Waals surface area contributed by atoms with Crippen molar-refractivity contribution in [1.29, 1.82) is 0 Å². The van der Waals surface area contributed by atoms with Gasteiger partial charge in [-0.15, -0.1) is 0 Å². The molecule has 1 aromatic carbocycles. The summed E-state index contributed by atoms with van der Waals surface area (Å²) in [5, 5.41) is 17.7. The van der Waals surface area contributed by atoms with Crippen LogP contribution in [0.15, 0.2) is 24.3 Å². The van der Waals surface area contributed by atoms with Crippen LogP contribution >= 0.6 is 0 Å². The quantitative estimate of drug-likeness (QED) is 0.649. The van der Waals surface area contributed by atoms with E-state index in [1.165, 1.54) is 5.56 Å². The van der Waals surface area contributed by atoms with Gasteiger partial charge in [-0.1, -0.05) is 29.8 Å². The van der Waals surface area contributed by atoms with Crippen molar-refractivity contribution in [2.24, 2.45) is 0 Å². The van der Waals surface area contributed by atoms with Crippen LogP contribution in [0.5, 0.6) is 0 Å². The number of aliphatic hydroxyl groups excluding tert-OH is 1. The van der Waals surface area contributed by atoms with E-state index in [9.17, 15) is 14.7 Å². The summed E-state index contributed by atoms with van der Waals surface area (Å²) in [6, 6.07) is 6.66. The van der Waals surface area contributed by atoms with Gasteiger partial charge in [-0.25, -0.2) is 4.79 Å². The van der Waals surface area contributed by atoms with Crippen molar-refractivity contribution in [2.75, 3.05) is 13.2 Å². The van der Waals surface area contributed by atoms with Crippen LogP contribution in [0.3, 0.4) is 0 Å². The number of rotatable bonds is 5. The molecule has 23 heavy (non-hydrogen) atoms. The summed E-state index contributed by atoms with van der Waals surface area (Å²) in [7, 11) is 0. The molecule has 4 N–H and O–H groups in total. The number of nitrogens with one attached hydrogen (secondary N) is 3. The SMILES string of the molecule is Cc1ccc(C[C@@H](CO)NC(=O)N[C@@H]2CCCCNC2=O)cc1. The van der Waals surface area contributed by atoms with Crippen LogP contribution in [0.4, 0.5) is 4.79 Å². The fourth-order valence-electron chi connectivity index (χ4n) is 2.63. The van der Waals surface area contributed by atoms with Crippen LogP contribution in [-0.4, -0.2) is 42.3 Å². The third-order valence-electron chi connectivity index (χ3n) is 4.00. The molecule has 1 aromatic rings. The average molecular weight is 319 g/mol. The molecular formula is C17H25N3O3. The standard InChI is InChI=1S/C17H25N3O3/c1-12-5-7-13(8-6-12)10-14(11-21)19-17(23)20-15-4-2-3-9-18-16(15)22/h5-8,14-15,21H,2-4,9-11H2,1H3,(H,18,22)(H2,19,20,23)/t14-,15+/m0/s1. The third kappa shape index (κ3) is 5.56. The molecule has 2 rings (SSSR count). The van der Waals surface area contributed by atoms with E-state index in [0.717, 1.165) is 18.4 Å². The first-order chi connectivity index (χ1) is 11.1. The molecule has 0 unspecified atom stereocenters. The Morgan fingerprint density at radius 2 is 2.09 bits per heavy atom. The molecule has 1 fully saturated rings. The van der Waals surface area contributed by atoms with E-state index >= 15 is 0 Å². The van der Waals surface area contributed by atoms with Crippen molar-refractivity contribution in [3.05, 3.63) is 35.4 Å². The van der Waals surface area contributed by atoms with E-state index in [-0.39, 0.29) is 18.6 Å². The summed E-state index contributed by atoms with van der Waals surface area (Å²) in [6.07, 6.45) is 3.01. The molecule has 2 atom stereocenters. The highest BCUT2D eigenvalue weighted by molar-refractivity contribution is 5.87. The van der Waals surface area contributed by atoms with Gasteiger partial charge >= 0.3 is 6.03 Å². The van der Waals surface area contributed by atoms with Crippen molar-refractivity contribution in [3.8, 4) is 0 Å². The lowest BCUT2D eigenvalue weighted by Crippen LogP contribution is -2.52. The van der Waals surface area contributed by atoms with Crippen LogP contribution < -0.4 is 16.0 Å². The Bertz CT molecular complexity index is 530. The van der Waals surface area contributed by atoms with Gasteiger partial charge in [0.05, 0.1) is 12.6 Å². The number of aryl methyl sites for hydroxylation is 1. The summed E-state index contributed by atoms with van der Waals surface area (Å²) >= 11 is 0. The lowest BCUT2D eigenvalue weighted by atomic mass is 10.1. The van der Waals surface area contributed by atoms with E-state index in [1.807, 2.05) is 31.2 Å². The molecule has 0 saturated carbocycles. The molecule has 0 spiro atoms. The van der Waals surface area contributed by atoms with Crippen molar-refractivity contribution >= 4 is 11.9 Å². The van der Waals surface area contributed by atoms with Crippen LogP contribution in [-0.2, 0) is 11.2 Å². The van der Waals surface area contributed by atoms with E-state index in [2.05, 4.69) is 16.0 Å². The molecule has 1 aliphatic heterocycles. The Balaban J connectivity index is 1.86. The minimum absolute atomic E-state index is 0.142. The summed E-state index contributed by atoms with van der Waals surface area (Å²) in [5.74, 6) is -0.142. The Labute approximate surface area is 136 Å². The molecule has 1 heterocycles. The van der Waals surface area contributed by atoms with Crippen LogP contribution in [0, 0.1) is 6.92 Å². The van der Waals surface area contributed by atoms with Gasteiger partial charge in [-0.3, -0.25) is 4.79 Å². The fourth-order valence-corrected chi connectivity index (χ4v) is 2.63. The van der Waals surface area contributed by atoms with E-state index in [0.29, 0.717) is 19.4 Å². The zero-order chi connectivity index (χ0) is 16.7. The summed E-state index contributed by atoms with van der Waals surface area (Å²) in [5.41, 5.74) is 2.21. The minimum atomic E-state index is -0.504. The number of carbonyl (C=O) groups is 2. The lowest BCUT2D eigenvalue weighted by Gasteiger charge is -2.20. The Kier molecular flexibility index (Phi) is 6.40. The zero-order valence-electron chi connectivity index (χ0n) is 13.5. The molecule has 126 valence electrons. The summed E-state index contributed by atoms with van der Waals surface area (Å²) in [6.45, 7) is 2.51. The van der Waals surface area contributed by atoms with Gasteiger partial charge in [0.15, 0.2) is 0 Å². The number of amides is 3. The molecule has 0 aromatic heterocycles. The van der Waals surface area contributed by atoms with Crippen molar-refractivity contribution in [3.63, 3.8) is 0 Å². The normalized spacial score (nSPS) is 19.4. The first kappa shape index (κ1) is 17.3. The van der Waals surface area contributed by atoms with E-state index < -0.39 is 12.1 Å². The van der Waals surface area contributed by atoms with Gasteiger partial charge < -0.3 is 21.1 Å². The number of urea groups is 1. The van der Waals surface area contributed by atoms with Gasteiger partial charge in [0.25, 0.3) is 0 Å². The lowest BCUT2D eigenvalue weighted by molar-refractivity contribution is -0.122. The monoisotopic (exact) mass is 319 g/mol. The van der Waals surface area contributed by atoms with Gasteiger partial charge in [0, 0.05) is 6.54 Å². The maximum Gasteiger partial charge on any atom is 0.315 e. The third-order valence-corrected chi connectivity index (χ3v) is 4.00. The van der Waals surface area contributed by atoms with E-state index in [4.69, 9.17) is 0 Å². The zero-order valence-corrected chi connectivity index (χ0v) is 13.5. The number of benzene rings is 1. The van der Waals surface area contributed by atoms with E-state index in [1.54, 1.807) is 0 Å². The van der Waals surface area contributed by atoms with Crippen molar-refractivity contribution in [1.82, 2.24) is 16.0 Å². The van der Waals surface area contributed by atoms with Crippen LogP contribution in [0.2, 0.25) is 0 Å². The summed E-state index contributed by atoms with van der Waals surface area (Å²) in [4.78, 5) is 23.9. The maximum atomic E-state index is 12.1. The number of hydrogen-bond donors (Lipinski definition) is 4. The molecule has 0 aliphatic carbocycles. The molecule has 0 bridgehead atoms. The van der Waals surface area contributed by atoms with Crippen molar-refractivity contribution < 1.29 is 14.7 Å². The predicted molar refractivity (Wildman–Crippen MR) is 88.1 cm³/mol. The molecular weight excluding hydrogens is 294 g/mol. The highest BCUT2D eigenvalue weighted by Gasteiger charge is 2.23. The number of hydrogen-bond acceptors (Lipinski definition) is 3. The van der Waals surface area contributed by atoms with Crippen LogP contribution in [0.1, 0.15) is 30.4 Å². The topological polar surface area (TPSA) is 90.5 Å². The molecule has 1 saturated heterocycles. The highest BCUT2D eigenvalue weighted by Crippen LogP contribution is 2.07. The van der Waals surface area contributed by atoms with Crippen LogP contribution in [0.25, 0.3) is 0 Å². The predicted octanol–water partition coefficient (Wildman–Crippen LogP) is 0.866. The maximum absolute atomic E-state index is 12.1. The first-order valence-corrected chi connectivity index (χ1v) is 8.09. The minimum Gasteiger partial charge on any atom is -0.394 e. The molecule has 6 heteroatoms. The van der Waals surface area contributed by atoms with Gasteiger partial charge in [0.1, 0.15) is 6.04 Å². The van der Waals surface area contributed by atoms with Gasteiger partial charge in [-0.2, -0.15) is 0 Å². The van der Waals surface area contributed by atoms with Crippen molar-refractivity contribution in [2.45, 2.75) is 44.7 Å². The second-order valence-electron chi connectivity index (χ2n) is 6.03. The Morgan fingerprint density at radius 1 is 1.35 bits per heavy atom. The molecule has 3 amide bonds. The Hall–Kier alpha value is -2.08. The average Bonchev–Trinajstić information content (AvgIpc) is 2.73. The second-order valence-corrected chi connectivity index (χ2v) is 6.03. The van der Waals surface area contributed by atoms with Gasteiger partial charge in [-0.05, 0) is 38.2 Å². The molecule has 0 radical (unpaired) electrons. The van der Waals surface area contributed by atoms with Gasteiger partial charge in [0.2, 0.25) is 5.91 Å². The smallest absolute Gasteiger partial charge is 0.315 e. The summed E-state index contributed by atoms with van der Waals surface area (Å²) < 4.78 is 0. The fraction of sp³-hybridized carbons (Fsp3) is 0.529. The Morgan fingerprint density at radius 3 is 2.78 bits per heavy atom. The largest absolute Gasteiger partial charge is 0.394 e. The highest BCUT2D eigenvalue weighted by atomic mass is 16.3. The number of aliphatic hydroxyl groups is 1. The molecule has 6 nitrogen and oxygen atoms in total.